The van der Waals surface area contributed by atoms with Crippen LogP contribution >= 0.6 is 15.9 Å². The van der Waals surface area contributed by atoms with Crippen LogP contribution in [-0.4, -0.2) is 27.3 Å². The zero-order valence-electron chi connectivity index (χ0n) is 10.8. The van der Waals surface area contributed by atoms with Crippen molar-refractivity contribution in [3.8, 4) is 5.75 Å². The number of carbonyl (C=O) groups is 2. The molecular formula is C14H15BrO4. The predicted octanol–water partition coefficient (Wildman–Crippen LogP) is 2.82. The fourth-order valence-electron chi connectivity index (χ4n) is 2.19. The number of rotatable bonds is 4. The topological polar surface area (TPSA) is 63.6 Å². The van der Waals surface area contributed by atoms with Crippen molar-refractivity contribution in [1.29, 1.82) is 0 Å². The first-order valence-electron chi connectivity index (χ1n) is 6.00. The Balaban J connectivity index is 2.20. The maximum absolute atomic E-state index is 12.1. The van der Waals surface area contributed by atoms with Gasteiger partial charge < -0.3 is 9.84 Å². The second kappa shape index (κ2) is 4.96. The molecule has 0 radical (unpaired) electrons. The number of halogens is 1. The molecule has 0 fully saturated rings. The van der Waals surface area contributed by atoms with Crippen LogP contribution in [0.15, 0.2) is 18.2 Å². The number of Topliss-reactive ketones (excluding diaryl/α,β-unsaturated/α-hetero) is 1. The highest BCUT2D eigenvalue weighted by Crippen LogP contribution is 2.35. The molecule has 0 bridgehead atoms. The number of alkyl halides is 1. The summed E-state index contributed by atoms with van der Waals surface area (Å²) in [5, 5.41) is 8.70. The second-order valence-corrected chi connectivity index (χ2v) is 6.40. The molecule has 0 aromatic heterocycles. The average Bonchev–Trinajstić information content (AvgIpc) is 2.59. The quantitative estimate of drug-likeness (QED) is 0.682. The number of aliphatic carboxylic acids is 1. The van der Waals surface area contributed by atoms with Crippen LogP contribution in [0, 0.1) is 0 Å². The van der Waals surface area contributed by atoms with Crippen LogP contribution in [0.5, 0.6) is 5.75 Å². The molecule has 0 spiro atoms. The number of hydrogen-bond donors (Lipinski definition) is 1. The van der Waals surface area contributed by atoms with Gasteiger partial charge in [-0.1, -0.05) is 15.9 Å². The normalized spacial score (nSPS) is 17.4. The van der Waals surface area contributed by atoms with E-state index < -0.39 is 10.8 Å². The molecule has 0 saturated carbocycles. The van der Waals surface area contributed by atoms with E-state index in [2.05, 4.69) is 15.9 Å². The van der Waals surface area contributed by atoms with E-state index in [1.807, 2.05) is 13.8 Å². The van der Waals surface area contributed by atoms with Crippen LogP contribution in [0.4, 0.5) is 0 Å². The minimum absolute atomic E-state index is 0.213. The minimum atomic E-state index is -0.999. The summed E-state index contributed by atoms with van der Waals surface area (Å²) in [4.78, 5) is 22.0. The molecule has 4 nitrogen and oxygen atoms in total. The molecular weight excluding hydrogens is 312 g/mol. The molecule has 102 valence electrons. The van der Waals surface area contributed by atoms with E-state index in [-0.39, 0.29) is 17.8 Å². The highest BCUT2D eigenvalue weighted by molar-refractivity contribution is 9.10. The largest absolute Gasteiger partial charge is 0.487 e. The first kappa shape index (κ1) is 14.1. The van der Waals surface area contributed by atoms with Crippen LogP contribution < -0.4 is 4.74 Å². The Labute approximate surface area is 119 Å². The van der Waals surface area contributed by atoms with Crippen molar-refractivity contribution in [2.45, 2.75) is 37.1 Å². The van der Waals surface area contributed by atoms with Gasteiger partial charge in [0.25, 0.3) is 0 Å². The van der Waals surface area contributed by atoms with Gasteiger partial charge in [0.05, 0.1) is 11.2 Å². The number of ketones is 1. The molecule has 1 N–H and O–H groups in total. The van der Waals surface area contributed by atoms with Gasteiger partial charge in [-0.3, -0.25) is 9.59 Å². The van der Waals surface area contributed by atoms with Crippen molar-refractivity contribution in [3.63, 3.8) is 0 Å². The molecule has 0 saturated heterocycles. The third-order valence-electron chi connectivity index (χ3n) is 2.99. The van der Waals surface area contributed by atoms with E-state index in [0.717, 1.165) is 17.7 Å². The van der Waals surface area contributed by atoms with Gasteiger partial charge in [-0.05, 0) is 37.6 Å². The van der Waals surface area contributed by atoms with Gasteiger partial charge in [0.1, 0.15) is 11.4 Å². The van der Waals surface area contributed by atoms with Crippen molar-refractivity contribution in [3.05, 3.63) is 29.3 Å². The number of hydrogen-bond acceptors (Lipinski definition) is 3. The lowest BCUT2D eigenvalue weighted by Gasteiger charge is -2.16. The average molecular weight is 327 g/mol. The number of carboxylic acid groups (broad SMARTS) is 1. The molecule has 1 atom stereocenters. The number of carbonyl (C=O) groups excluding carboxylic acids is 1. The molecule has 19 heavy (non-hydrogen) atoms. The third-order valence-corrected chi connectivity index (χ3v) is 3.73. The standard InChI is InChI=1S/C14H15BrO4/c1-14(2)7-9-5-8(3-4-11(9)19-14)13(18)10(15)6-12(16)17/h3-5,10H,6-7H2,1-2H3,(H,16,17). The van der Waals surface area contributed by atoms with Gasteiger partial charge in [-0.2, -0.15) is 0 Å². The Hall–Kier alpha value is -1.36. The van der Waals surface area contributed by atoms with Crippen LogP contribution in [-0.2, 0) is 11.2 Å². The molecule has 1 aromatic carbocycles. The molecule has 0 amide bonds. The molecule has 0 aliphatic carbocycles. The van der Waals surface area contributed by atoms with Gasteiger partial charge in [0.2, 0.25) is 0 Å². The fourth-order valence-corrected chi connectivity index (χ4v) is 2.73. The number of ether oxygens (including phenoxy) is 1. The van der Waals surface area contributed by atoms with Gasteiger partial charge in [-0.15, -0.1) is 0 Å². The lowest BCUT2D eigenvalue weighted by Crippen LogP contribution is -2.24. The van der Waals surface area contributed by atoms with Crippen LogP contribution in [0.2, 0.25) is 0 Å². The Morgan fingerprint density at radius 3 is 2.79 bits per heavy atom. The lowest BCUT2D eigenvalue weighted by molar-refractivity contribution is -0.136. The Morgan fingerprint density at radius 1 is 1.47 bits per heavy atom. The summed E-state index contributed by atoms with van der Waals surface area (Å²) in [6.07, 6.45) is 0.521. The molecule has 1 heterocycles. The van der Waals surface area contributed by atoms with Gasteiger partial charge in [0.15, 0.2) is 5.78 Å². The van der Waals surface area contributed by atoms with E-state index in [9.17, 15) is 9.59 Å². The molecule has 1 aliphatic rings. The predicted molar refractivity (Wildman–Crippen MR) is 74.2 cm³/mol. The fraction of sp³-hybridized carbons (Fsp3) is 0.429. The van der Waals surface area contributed by atoms with Gasteiger partial charge in [-0.25, -0.2) is 0 Å². The van der Waals surface area contributed by atoms with E-state index in [0.29, 0.717) is 5.56 Å². The smallest absolute Gasteiger partial charge is 0.304 e. The van der Waals surface area contributed by atoms with Crippen LogP contribution in [0.3, 0.4) is 0 Å². The zero-order valence-corrected chi connectivity index (χ0v) is 12.4. The first-order valence-corrected chi connectivity index (χ1v) is 6.92. The molecule has 2 rings (SSSR count). The van der Waals surface area contributed by atoms with E-state index in [1.54, 1.807) is 18.2 Å². The SMILES string of the molecule is CC1(C)Cc2cc(C(=O)C(Br)CC(=O)O)ccc2O1. The van der Waals surface area contributed by atoms with Gasteiger partial charge in [0, 0.05) is 12.0 Å². The second-order valence-electron chi connectivity index (χ2n) is 5.29. The summed E-state index contributed by atoms with van der Waals surface area (Å²) >= 11 is 3.12. The summed E-state index contributed by atoms with van der Waals surface area (Å²) in [5.41, 5.74) is 1.26. The molecule has 1 aromatic rings. The summed E-state index contributed by atoms with van der Waals surface area (Å²) in [5.74, 6) is -0.415. The molecule has 1 aliphatic heterocycles. The first-order chi connectivity index (χ1) is 8.78. The highest BCUT2D eigenvalue weighted by atomic mass is 79.9. The third kappa shape index (κ3) is 3.15. The summed E-state index contributed by atoms with van der Waals surface area (Å²) in [6, 6.07) is 5.25. The van der Waals surface area contributed by atoms with Crippen LogP contribution in [0.1, 0.15) is 36.2 Å². The van der Waals surface area contributed by atoms with Gasteiger partial charge >= 0.3 is 5.97 Å². The number of benzene rings is 1. The Morgan fingerprint density at radius 2 is 2.16 bits per heavy atom. The highest BCUT2D eigenvalue weighted by Gasteiger charge is 2.31. The van der Waals surface area contributed by atoms with Crippen molar-refractivity contribution in [1.82, 2.24) is 0 Å². The lowest BCUT2D eigenvalue weighted by atomic mass is 9.98. The Kier molecular flexibility index (Phi) is 3.67. The zero-order chi connectivity index (χ0) is 14.2. The van der Waals surface area contributed by atoms with E-state index in [1.165, 1.54) is 0 Å². The van der Waals surface area contributed by atoms with Crippen molar-refractivity contribution >= 4 is 27.7 Å². The molecule has 1 unspecified atom stereocenters. The van der Waals surface area contributed by atoms with E-state index in [4.69, 9.17) is 9.84 Å². The molecule has 5 heteroatoms. The van der Waals surface area contributed by atoms with E-state index >= 15 is 0 Å². The maximum atomic E-state index is 12.1. The monoisotopic (exact) mass is 326 g/mol. The van der Waals surface area contributed by atoms with Crippen molar-refractivity contribution < 1.29 is 19.4 Å². The number of carboxylic acids is 1. The Bertz CT molecular complexity index is 536. The summed E-state index contributed by atoms with van der Waals surface area (Å²) in [6.45, 7) is 3.98. The summed E-state index contributed by atoms with van der Waals surface area (Å²) in [7, 11) is 0. The maximum Gasteiger partial charge on any atom is 0.304 e. The van der Waals surface area contributed by atoms with Crippen molar-refractivity contribution in [2.75, 3.05) is 0 Å². The summed E-state index contributed by atoms with van der Waals surface area (Å²) < 4.78 is 5.74. The van der Waals surface area contributed by atoms with Crippen LogP contribution in [0.25, 0.3) is 0 Å². The minimum Gasteiger partial charge on any atom is -0.487 e. The number of fused-ring (bicyclic) bond motifs is 1. The van der Waals surface area contributed by atoms with Crippen molar-refractivity contribution in [2.24, 2.45) is 0 Å².